The van der Waals surface area contributed by atoms with Gasteiger partial charge in [0.15, 0.2) is 5.96 Å². The molecule has 0 aromatic carbocycles. The number of imidazole rings is 1. The van der Waals surface area contributed by atoms with Gasteiger partial charge in [-0.2, -0.15) is 0 Å². The van der Waals surface area contributed by atoms with E-state index < -0.39 is 0 Å². The van der Waals surface area contributed by atoms with E-state index in [1.807, 2.05) is 23.0 Å². The summed E-state index contributed by atoms with van der Waals surface area (Å²) in [5, 5.41) is 3.42. The number of hydrogen-bond acceptors (Lipinski definition) is 3. The molecule has 6 heteroatoms. The number of hydrogen-bond donors (Lipinski definition) is 1. The van der Waals surface area contributed by atoms with Crippen LogP contribution in [0, 0.1) is 5.41 Å². The first-order chi connectivity index (χ1) is 11.6. The zero-order valence-electron chi connectivity index (χ0n) is 14.7. The molecule has 1 aliphatic heterocycles. The first-order valence-corrected chi connectivity index (χ1v) is 8.54. The van der Waals surface area contributed by atoms with Gasteiger partial charge in [-0.15, -0.1) is 0 Å². The lowest BCUT2D eigenvalue weighted by Crippen LogP contribution is -2.40. The van der Waals surface area contributed by atoms with Crippen LogP contribution in [0.2, 0.25) is 0 Å². The minimum atomic E-state index is 0.363. The maximum absolute atomic E-state index is 4.83. The summed E-state index contributed by atoms with van der Waals surface area (Å²) >= 11 is 0. The number of nitrogens with zero attached hydrogens (tertiary/aromatic N) is 5. The molecule has 1 N–H and O–H groups in total. The molecule has 6 nitrogen and oxygen atoms in total. The lowest BCUT2D eigenvalue weighted by atomic mass is 9.93. The Kier molecular flexibility index (Phi) is 4.83. The summed E-state index contributed by atoms with van der Waals surface area (Å²) in [5.41, 5.74) is 1.50. The molecule has 0 unspecified atom stereocenters. The zero-order valence-corrected chi connectivity index (χ0v) is 14.7. The molecule has 0 spiro atoms. The van der Waals surface area contributed by atoms with Crippen molar-refractivity contribution >= 4 is 5.96 Å². The molecule has 0 atom stereocenters. The van der Waals surface area contributed by atoms with Crippen molar-refractivity contribution in [1.82, 2.24) is 24.8 Å². The van der Waals surface area contributed by atoms with Crippen LogP contribution in [-0.4, -0.2) is 45.0 Å². The van der Waals surface area contributed by atoms with Gasteiger partial charge in [0.25, 0.3) is 0 Å². The van der Waals surface area contributed by atoms with Crippen LogP contribution in [0.1, 0.15) is 32.8 Å². The van der Waals surface area contributed by atoms with E-state index in [0.29, 0.717) is 12.0 Å². The molecule has 128 valence electrons. The minimum Gasteiger partial charge on any atom is -0.357 e. The number of likely N-dealkylation sites (tertiary alicyclic amines) is 1. The zero-order chi connectivity index (χ0) is 17.0. The molecule has 1 fully saturated rings. The second kappa shape index (κ2) is 7.03. The topological polar surface area (TPSA) is 58.3 Å². The van der Waals surface area contributed by atoms with Crippen molar-refractivity contribution in [2.75, 3.05) is 19.6 Å². The quantitative estimate of drug-likeness (QED) is 0.693. The van der Waals surface area contributed by atoms with Crippen molar-refractivity contribution in [3.8, 4) is 5.82 Å². The highest BCUT2D eigenvalue weighted by molar-refractivity contribution is 5.80. The second-order valence-corrected chi connectivity index (χ2v) is 7.00. The van der Waals surface area contributed by atoms with Gasteiger partial charge in [0.05, 0.1) is 6.54 Å². The fraction of sp³-hybridized carbons (Fsp3) is 0.500. The SMILES string of the molecule is CCNC(=NCc1ccnc(-n2ccnc2)c1)N1CCC(C)(C)C1. The Balaban J connectivity index is 1.74. The predicted molar refractivity (Wildman–Crippen MR) is 96.1 cm³/mol. The maximum atomic E-state index is 4.83. The summed E-state index contributed by atoms with van der Waals surface area (Å²) in [4.78, 5) is 15.7. The number of pyridine rings is 1. The van der Waals surface area contributed by atoms with Crippen molar-refractivity contribution in [2.24, 2.45) is 10.4 Å². The first-order valence-electron chi connectivity index (χ1n) is 8.54. The van der Waals surface area contributed by atoms with E-state index in [9.17, 15) is 0 Å². The van der Waals surface area contributed by atoms with Crippen LogP contribution in [0.5, 0.6) is 0 Å². The Hall–Kier alpha value is -2.37. The standard InChI is InChI=1S/C18H26N6/c1-4-20-17(23-9-6-18(2,3)13-23)22-12-15-5-7-21-16(11-15)24-10-8-19-14-24/h5,7-8,10-11,14H,4,6,9,12-13H2,1-3H3,(H,20,22). The smallest absolute Gasteiger partial charge is 0.194 e. The molecule has 2 aromatic rings. The number of aliphatic imine (C=N–C) groups is 1. The van der Waals surface area contributed by atoms with E-state index >= 15 is 0 Å². The Morgan fingerprint density at radius 2 is 2.25 bits per heavy atom. The molecule has 3 heterocycles. The van der Waals surface area contributed by atoms with Crippen molar-refractivity contribution in [1.29, 1.82) is 0 Å². The highest BCUT2D eigenvalue weighted by atomic mass is 15.3. The number of rotatable bonds is 4. The summed E-state index contributed by atoms with van der Waals surface area (Å²) in [6.45, 7) is 10.4. The normalized spacial score (nSPS) is 17.3. The monoisotopic (exact) mass is 326 g/mol. The first kappa shape index (κ1) is 16.5. The average molecular weight is 326 g/mol. The van der Waals surface area contributed by atoms with Crippen LogP contribution >= 0.6 is 0 Å². The van der Waals surface area contributed by atoms with Crippen LogP contribution in [0.4, 0.5) is 0 Å². The number of nitrogens with one attached hydrogen (secondary N) is 1. The van der Waals surface area contributed by atoms with E-state index in [4.69, 9.17) is 4.99 Å². The van der Waals surface area contributed by atoms with Gasteiger partial charge < -0.3 is 10.2 Å². The molecule has 0 aliphatic carbocycles. The number of aromatic nitrogens is 3. The Morgan fingerprint density at radius 1 is 1.38 bits per heavy atom. The van der Waals surface area contributed by atoms with Gasteiger partial charge in [-0.25, -0.2) is 15.0 Å². The van der Waals surface area contributed by atoms with E-state index in [-0.39, 0.29) is 0 Å². The van der Waals surface area contributed by atoms with E-state index in [1.54, 1.807) is 12.5 Å². The Bertz CT molecular complexity index is 689. The average Bonchev–Trinajstić information content (AvgIpc) is 3.21. The third kappa shape index (κ3) is 3.93. The van der Waals surface area contributed by atoms with Gasteiger partial charge in [-0.1, -0.05) is 13.8 Å². The summed E-state index contributed by atoms with van der Waals surface area (Å²) in [6.07, 6.45) is 8.44. The predicted octanol–water partition coefficient (Wildman–Crippen LogP) is 2.46. The second-order valence-electron chi connectivity index (χ2n) is 7.00. The van der Waals surface area contributed by atoms with Gasteiger partial charge in [0.1, 0.15) is 12.1 Å². The van der Waals surface area contributed by atoms with Gasteiger partial charge in [-0.3, -0.25) is 4.57 Å². The summed E-state index contributed by atoms with van der Waals surface area (Å²) in [6, 6.07) is 4.07. The van der Waals surface area contributed by atoms with Crippen LogP contribution in [0.15, 0.2) is 42.0 Å². The van der Waals surface area contributed by atoms with Gasteiger partial charge in [0.2, 0.25) is 0 Å². The van der Waals surface area contributed by atoms with Crippen LogP contribution in [0.25, 0.3) is 5.82 Å². The highest BCUT2D eigenvalue weighted by Gasteiger charge is 2.30. The lowest BCUT2D eigenvalue weighted by molar-refractivity contribution is 0.370. The fourth-order valence-electron chi connectivity index (χ4n) is 2.98. The van der Waals surface area contributed by atoms with Crippen molar-refractivity contribution in [3.63, 3.8) is 0 Å². The molecule has 0 bridgehead atoms. The Morgan fingerprint density at radius 3 is 2.92 bits per heavy atom. The molecule has 0 amide bonds. The van der Waals surface area contributed by atoms with Crippen molar-refractivity contribution in [2.45, 2.75) is 33.7 Å². The maximum Gasteiger partial charge on any atom is 0.194 e. The summed E-state index contributed by atoms with van der Waals surface area (Å²) in [5.74, 6) is 1.87. The highest BCUT2D eigenvalue weighted by Crippen LogP contribution is 2.28. The Labute approximate surface area is 143 Å². The molecule has 0 saturated carbocycles. The van der Waals surface area contributed by atoms with Crippen LogP contribution in [-0.2, 0) is 6.54 Å². The van der Waals surface area contributed by atoms with Gasteiger partial charge >= 0.3 is 0 Å². The number of guanidine groups is 1. The van der Waals surface area contributed by atoms with Crippen molar-refractivity contribution in [3.05, 3.63) is 42.6 Å². The fourth-order valence-corrected chi connectivity index (χ4v) is 2.98. The van der Waals surface area contributed by atoms with E-state index in [0.717, 1.165) is 37.0 Å². The summed E-state index contributed by atoms with van der Waals surface area (Å²) < 4.78 is 1.90. The van der Waals surface area contributed by atoms with E-state index in [2.05, 4.69) is 47.0 Å². The molecule has 3 rings (SSSR count). The summed E-state index contributed by atoms with van der Waals surface area (Å²) in [7, 11) is 0. The van der Waals surface area contributed by atoms with E-state index in [1.165, 1.54) is 6.42 Å². The van der Waals surface area contributed by atoms with Crippen LogP contribution < -0.4 is 5.32 Å². The largest absolute Gasteiger partial charge is 0.357 e. The molecule has 2 aromatic heterocycles. The third-order valence-corrected chi connectivity index (χ3v) is 4.30. The third-order valence-electron chi connectivity index (χ3n) is 4.30. The molecule has 1 saturated heterocycles. The molecule has 1 aliphatic rings. The molecular weight excluding hydrogens is 300 g/mol. The van der Waals surface area contributed by atoms with Crippen LogP contribution in [0.3, 0.4) is 0 Å². The lowest BCUT2D eigenvalue weighted by Gasteiger charge is -2.23. The van der Waals surface area contributed by atoms with Gasteiger partial charge in [0, 0.05) is 38.2 Å². The molecule has 24 heavy (non-hydrogen) atoms. The van der Waals surface area contributed by atoms with Crippen molar-refractivity contribution < 1.29 is 0 Å². The van der Waals surface area contributed by atoms with Gasteiger partial charge in [-0.05, 0) is 36.5 Å². The molecule has 0 radical (unpaired) electrons. The minimum absolute atomic E-state index is 0.363. The molecular formula is C18H26N6.